The van der Waals surface area contributed by atoms with Crippen molar-refractivity contribution in [3.63, 3.8) is 0 Å². The number of ketones is 4. The summed E-state index contributed by atoms with van der Waals surface area (Å²) in [6.45, 7) is 3.99. The smallest absolute Gasteiger partial charge is 0.194 e. The predicted molar refractivity (Wildman–Crippen MR) is 138 cm³/mol. The minimum atomic E-state index is -0.0458. The summed E-state index contributed by atoms with van der Waals surface area (Å²) in [5.41, 5.74) is 6.22. The van der Waals surface area contributed by atoms with Gasteiger partial charge in [-0.25, -0.2) is 0 Å². The van der Waals surface area contributed by atoms with Gasteiger partial charge in [0.25, 0.3) is 0 Å². The minimum Gasteiger partial charge on any atom is -0.289 e. The molecule has 0 radical (unpaired) electrons. The maximum absolute atomic E-state index is 12.5. The Hall–Kier alpha value is -4.44. The first kappa shape index (κ1) is 23.3. The topological polar surface area (TPSA) is 68.3 Å². The van der Waals surface area contributed by atoms with E-state index in [0.29, 0.717) is 44.5 Å². The molecule has 4 aromatic rings. The molecule has 6 rings (SSSR count). The molecule has 0 aliphatic heterocycles. The summed E-state index contributed by atoms with van der Waals surface area (Å²) in [6.07, 6.45) is 1.51. The fourth-order valence-corrected chi connectivity index (χ4v) is 5.02. The van der Waals surface area contributed by atoms with Crippen LogP contribution in [0.25, 0.3) is 0 Å². The van der Waals surface area contributed by atoms with Crippen LogP contribution in [0.3, 0.4) is 0 Å². The summed E-state index contributed by atoms with van der Waals surface area (Å²) in [5.74, 6) is -0.152. The van der Waals surface area contributed by atoms with E-state index in [-0.39, 0.29) is 23.1 Å². The quantitative estimate of drug-likeness (QED) is 0.308. The van der Waals surface area contributed by atoms with Gasteiger partial charge in [0.1, 0.15) is 0 Å². The molecule has 36 heavy (non-hydrogen) atoms. The first-order valence-corrected chi connectivity index (χ1v) is 12.1. The molecule has 0 heterocycles. The van der Waals surface area contributed by atoms with Gasteiger partial charge in [0.2, 0.25) is 0 Å². The normalized spacial score (nSPS) is 13.2. The Bertz CT molecular complexity index is 1460. The molecule has 0 N–H and O–H groups in total. The minimum absolute atomic E-state index is 0.0300. The molecular formula is C32H24O4. The molecule has 0 aromatic heterocycles. The molecule has 0 saturated heterocycles. The van der Waals surface area contributed by atoms with Crippen molar-refractivity contribution in [1.82, 2.24) is 0 Å². The highest BCUT2D eigenvalue weighted by atomic mass is 16.1. The van der Waals surface area contributed by atoms with Gasteiger partial charge in [-0.05, 0) is 24.0 Å². The van der Waals surface area contributed by atoms with E-state index in [1.807, 2.05) is 38.1 Å². The molecule has 0 unspecified atom stereocenters. The molecule has 4 nitrogen and oxygen atoms in total. The Morgan fingerprint density at radius 2 is 0.694 bits per heavy atom. The summed E-state index contributed by atoms with van der Waals surface area (Å²) in [4.78, 5) is 49.7. The van der Waals surface area contributed by atoms with Crippen molar-refractivity contribution in [1.29, 1.82) is 0 Å². The molecule has 0 fully saturated rings. The van der Waals surface area contributed by atoms with Gasteiger partial charge in [0.15, 0.2) is 23.1 Å². The lowest BCUT2D eigenvalue weighted by Crippen LogP contribution is -2.22. The molecule has 0 amide bonds. The second-order valence-corrected chi connectivity index (χ2v) is 8.79. The van der Waals surface area contributed by atoms with Gasteiger partial charge in [-0.2, -0.15) is 0 Å². The summed E-state index contributed by atoms with van der Waals surface area (Å²) in [5, 5.41) is 0. The van der Waals surface area contributed by atoms with Crippen molar-refractivity contribution >= 4 is 23.1 Å². The molecule has 0 atom stereocenters. The van der Waals surface area contributed by atoms with Crippen molar-refractivity contribution in [3.8, 4) is 0 Å². The molecule has 0 bridgehead atoms. The number of carbonyl (C=O) groups is 4. The van der Waals surface area contributed by atoms with Gasteiger partial charge in [-0.3, -0.25) is 19.2 Å². The van der Waals surface area contributed by atoms with Crippen LogP contribution in [-0.4, -0.2) is 23.1 Å². The fraction of sp³-hybridized carbons (Fsp3) is 0.125. The molecular weight excluding hydrogens is 448 g/mol. The summed E-state index contributed by atoms with van der Waals surface area (Å²) in [7, 11) is 0. The van der Waals surface area contributed by atoms with Crippen LogP contribution < -0.4 is 0 Å². The Morgan fingerprint density at radius 3 is 1.03 bits per heavy atom. The van der Waals surface area contributed by atoms with E-state index in [0.717, 1.165) is 24.0 Å². The highest BCUT2D eigenvalue weighted by Crippen LogP contribution is 2.30. The zero-order chi connectivity index (χ0) is 25.4. The number of aryl methyl sites for hydroxylation is 2. The number of rotatable bonds is 2. The zero-order valence-electron chi connectivity index (χ0n) is 20.1. The van der Waals surface area contributed by atoms with E-state index in [9.17, 15) is 19.2 Å². The van der Waals surface area contributed by atoms with Crippen molar-refractivity contribution in [2.45, 2.75) is 26.7 Å². The third kappa shape index (κ3) is 3.62. The van der Waals surface area contributed by atoms with Crippen LogP contribution in [0.2, 0.25) is 0 Å². The maximum Gasteiger partial charge on any atom is 0.194 e. The number of hydrogen-bond donors (Lipinski definition) is 0. The number of benzene rings is 4. The third-order valence-corrected chi connectivity index (χ3v) is 6.84. The molecule has 2 aliphatic rings. The summed E-state index contributed by atoms with van der Waals surface area (Å²) >= 11 is 0. The number of hydrogen-bond acceptors (Lipinski definition) is 4. The summed E-state index contributed by atoms with van der Waals surface area (Å²) < 4.78 is 0. The molecule has 0 spiro atoms. The first-order valence-electron chi connectivity index (χ1n) is 12.1. The van der Waals surface area contributed by atoms with E-state index < -0.39 is 0 Å². The van der Waals surface area contributed by atoms with Gasteiger partial charge >= 0.3 is 0 Å². The van der Waals surface area contributed by atoms with Crippen LogP contribution in [-0.2, 0) is 12.8 Å². The predicted octanol–water partition coefficient (Wildman–Crippen LogP) is 6.05. The highest BCUT2D eigenvalue weighted by Gasteiger charge is 2.31. The monoisotopic (exact) mass is 472 g/mol. The highest BCUT2D eigenvalue weighted by molar-refractivity contribution is 6.29. The molecule has 4 aromatic carbocycles. The van der Waals surface area contributed by atoms with Crippen LogP contribution in [0.5, 0.6) is 0 Å². The van der Waals surface area contributed by atoms with Crippen molar-refractivity contribution < 1.29 is 19.2 Å². The average Bonchev–Trinajstić information content (AvgIpc) is 2.94. The first-order chi connectivity index (χ1) is 17.5. The number of carbonyl (C=O) groups excluding carboxylic acids is 4. The fourth-order valence-electron chi connectivity index (χ4n) is 5.02. The largest absolute Gasteiger partial charge is 0.289 e. The second kappa shape index (κ2) is 9.31. The number of fused-ring (bicyclic) bond motifs is 4. The summed E-state index contributed by atoms with van der Waals surface area (Å²) in [6, 6.07) is 25.1. The van der Waals surface area contributed by atoms with E-state index in [2.05, 4.69) is 0 Å². The molecule has 0 saturated carbocycles. The molecule has 4 heteroatoms. The Labute approximate surface area is 209 Å². The van der Waals surface area contributed by atoms with Gasteiger partial charge in [0, 0.05) is 44.5 Å². The van der Waals surface area contributed by atoms with Crippen LogP contribution in [0, 0.1) is 0 Å². The Morgan fingerprint density at radius 1 is 0.389 bits per heavy atom. The van der Waals surface area contributed by atoms with E-state index >= 15 is 0 Å². The lowest BCUT2D eigenvalue weighted by atomic mass is 9.81. The van der Waals surface area contributed by atoms with E-state index in [1.54, 1.807) is 60.7 Å². The van der Waals surface area contributed by atoms with E-state index in [4.69, 9.17) is 0 Å². The maximum atomic E-state index is 12.5. The van der Waals surface area contributed by atoms with Crippen LogP contribution in [0.1, 0.15) is 88.7 Å². The van der Waals surface area contributed by atoms with Crippen molar-refractivity contribution in [2.75, 3.05) is 0 Å². The second-order valence-electron chi connectivity index (χ2n) is 8.79. The SMILES string of the molecule is CCc1cccc2c1C(=O)c1ccccc1C2=O.CCc1cccc2c1C(=O)c1ccccc1C2=O. The van der Waals surface area contributed by atoms with Crippen molar-refractivity contribution in [2.24, 2.45) is 0 Å². The Kier molecular flexibility index (Phi) is 6.03. The van der Waals surface area contributed by atoms with E-state index in [1.165, 1.54) is 0 Å². The van der Waals surface area contributed by atoms with Crippen molar-refractivity contribution in [3.05, 3.63) is 141 Å². The van der Waals surface area contributed by atoms with Gasteiger partial charge < -0.3 is 0 Å². The average molecular weight is 473 g/mol. The molecule has 2 aliphatic carbocycles. The van der Waals surface area contributed by atoms with Crippen LogP contribution in [0.4, 0.5) is 0 Å². The zero-order valence-corrected chi connectivity index (χ0v) is 20.1. The van der Waals surface area contributed by atoms with Gasteiger partial charge in [-0.1, -0.05) is 98.8 Å². The van der Waals surface area contributed by atoms with Gasteiger partial charge in [-0.15, -0.1) is 0 Å². The van der Waals surface area contributed by atoms with Crippen LogP contribution >= 0.6 is 0 Å². The standard InChI is InChI=1S/2C16H12O2/c2*1-2-10-6-5-9-13-14(10)16(18)12-8-4-3-7-11(12)15(13)17/h2*3-9H,2H2,1H3. The Balaban J connectivity index is 0.000000148. The lowest BCUT2D eigenvalue weighted by Gasteiger charge is -2.19. The van der Waals surface area contributed by atoms with Crippen LogP contribution in [0.15, 0.2) is 84.9 Å². The third-order valence-electron chi connectivity index (χ3n) is 6.84. The molecule has 176 valence electrons. The lowest BCUT2D eigenvalue weighted by molar-refractivity contribution is 0.0978. The van der Waals surface area contributed by atoms with Gasteiger partial charge in [0.05, 0.1) is 0 Å².